The maximum absolute atomic E-state index is 11.8. The molecule has 1 aliphatic carbocycles. The van der Waals surface area contributed by atoms with E-state index in [1.165, 1.54) is 12.8 Å². The second kappa shape index (κ2) is 7.19. The van der Waals surface area contributed by atoms with Crippen molar-refractivity contribution in [2.75, 3.05) is 19.8 Å². The topological polar surface area (TPSA) is 50.4 Å². The summed E-state index contributed by atoms with van der Waals surface area (Å²) in [6.07, 6.45) is 4.18. The van der Waals surface area contributed by atoms with E-state index in [-0.39, 0.29) is 24.4 Å². The van der Waals surface area contributed by atoms with E-state index in [0.29, 0.717) is 25.0 Å². The summed E-state index contributed by atoms with van der Waals surface area (Å²) in [4.78, 5) is 11.8. The number of carbonyl (C=O) groups is 1. The molecule has 0 aromatic heterocycles. The van der Waals surface area contributed by atoms with Crippen LogP contribution in [0.5, 0.6) is 0 Å². The van der Waals surface area contributed by atoms with Gasteiger partial charge in [0.2, 0.25) is 5.91 Å². The van der Waals surface area contributed by atoms with E-state index in [1.54, 1.807) is 0 Å². The Morgan fingerprint density at radius 2 is 2.29 bits per heavy atom. The predicted octanol–water partition coefficient (Wildman–Crippen LogP) is 1.09. The van der Waals surface area contributed by atoms with Crippen LogP contribution < -0.4 is 10.6 Å². The summed E-state index contributed by atoms with van der Waals surface area (Å²) in [6.45, 7) is 4.50. The van der Waals surface area contributed by atoms with Gasteiger partial charge in [0.15, 0.2) is 0 Å². The largest absolute Gasteiger partial charge is 0.378 e. The molecule has 1 heterocycles. The van der Waals surface area contributed by atoms with Gasteiger partial charge in [0.25, 0.3) is 0 Å². The molecule has 1 aliphatic heterocycles. The van der Waals surface area contributed by atoms with Crippen LogP contribution in [0.2, 0.25) is 0 Å². The van der Waals surface area contributed by atoms with Crippen LogP contribution in [0.3, 0.4) is 0 Å². The van der Waals surface area contributed by atoms with Crippen molar-refractivity contribution >= 4 is 18.3 Å². The number of hydrogen-bond donors (Lipinski definition) is 2. The molecule has 17 heavy (non-hydrogen) atoms. The zero-order chi connectivity index (χ0) is 11.4. The fourth-order valence-corrected chi connectivity index (χ4v) is 2.60. The third-order valence-corrected chi connectivity index (χ3v) is 3.64. The van der Waals surface area contributed by atoms with Crippen LogP contribution in [-0.4, -0.2) is 37.7 Å². The van der Waals surface area contributed by atoms with Crippen LogP contribution >= 0.6 is 12.4 Å². The lowest BCUT2D eigenvalue weighted by Crippen LogP contribution is -2.46. The Bertz CT molecular complexity index is 245. The summed E-state index contributed by atoms with van der Waals surface area (Å²) < 4.78 is 5.33. The van der Waals surface area contributed by atoms with Gasteiger partial charge < -0.3 is 15.4 Å². The van der Waals surface area contributed by atoms with Gasteiger partial charge >= 0.3 is 0 Å². The number of halogens is 1. The van der Waals surface area contributed by atoms with Crippen molar-refractivity contribution < 1.29 is 9.53 Å². The molecule has 0 spiro atoms. The van der Waals surface area contributed by atoms with Gasteiger partial charge in [-0.05, 0) is 18.8 Å². The second-order valence-corrected chi connectivity index (χ2v) is 5.01. The van der Waals surface area contributed by atoms with Gasteiger partial charge in [-0.3, -0.25) is 4.79 Å². The Morgan fingerprint density at radius 3 is 2.88 bits per heavy atom. The highest BCUT2D eigenvalue weighted by molar-refractivity contribution is 5.85. The van der Waals surface area contributed by atoms with Gasteiger partial charge in [0.05, 0.1) is 13.2 Å². The van der Waals surface area contributed by atoms with Crippen LogP contribution in [-0.2, 0) is 9.53 Å². The SMILES string of the molecule is CC1CCCC1NC(=O)CC1COCCN1.Cl. The molecule has 0 bridgehead atoms. The van der Waals surface area contributed by atoms with E-state index in [0.717, 1.165) is 19.6 Å². The second-order valence-electron chi connectivity index (χ2n) is 5.01. The molecule has 2 rings (SSSR count). The Labute approximate surface area is 109 Å². The van der Waals surface area contributed by atoms with Crippen molar-refractivity contribution in [3.63, 3.8) is 0 Å². The summed E-state index contributed by atoms with van der Waals surface area (Å²) in [5, 5.41) is 6.44. The highest BCUT2D eigenvalue weighted by atomic mass is 35.5. The first kappa shape index (κ1) is 14.7. The molecule has 0 radical (unpaired) electrons. The number of rotatable bonds is 3. The first-order valence-corrected chi connectivity index (χ1v) is 6.36. The van der Waals surface area contributed by atoms with Crippen molar-refractivity contribution in [1.29, 1.82) is 0 Å². The van der Waals surface area contributed by atoms with Crippen LogP contribution in [0.25, 0.3) is 0 Å². The van der Waals surface area contributed by atoms with E-state index >= 15 is 0 Å². The molecule has 0 aromatic rings. The van der Waals surface area contributed by atoms with Gasteiger partial charge in [0, 0.05) is 25.0 Å². The van der Waals surface area contributed by atoms with Gasteiger partial charge in [-0.2, -0.15) is 0 Å². The maximum Gasteiger partial charge on any atom is 0.221 e. The number of ether oxygens (including phenoxy) is 1. The summed E-state index contributed by atoms with van der Waals surface area (Å²) in [7, 11) is 0. The molecule has 4 nitrogen and oxygen atoms in total. The van der Waals surface area contributed by atoms with E-state index in [9.17, 15) is 4.79 Å². The molecule has 2 fully saturated rings. The van der Waals surface area contributed by atoms with Gasteiger partial charge in [-0.15, -0.1) is 12.4 Å². The number of morpholine rings is 1. The first-order chi connectivity index (χ1) is 7.75. The molecule has 2 aliphatic rings. The number of carbonyl (C=O) groups excluding carboxylic acids is 1. The normalized spacial score (nSPS) is 32.9. The standard InChI is InChI=1S/C12H22N2O2.ClH/c1-9-3-2-4-11(9)14-12(15)7-10-8-16-6-5-13-10;/h9-11,13H,2-8H2,1H3,(H,14,15);1H. The Kier molecular flexibility index (Phi) is 6.23. The maximum atomic E-state index is 11.8. The number of hydrogen-bond acceptors (Lipinski definition) is 3. The van der Waals surface area contributed by atoms with Crippen molar-refractivity contribution in [2.45, 2.75) is 44.7 Å². The summed E-state index contributed by atoms with van der Waals surface area (Å²) in [5.41, 5.74) is 0. The molecular weight excluding hydrogens is 240 g/mol. The van der Waals surface area contributed by atoms with Crippen molar-refractivity contribution in [2.24, 2.45) is 5.92 Å². The minimum atomic E-state index is 0. The fourth-order valence-electron chi connectivity index (χ4n) is 2.60. The molecule has 3 unspecified atom stereocenters. The minimum Gasteiger partial charge on any atom is -0.378 e. The quantitative estimate of drug-likeness (QED) is 0.801. The molecule has 3 atom stereocenters. The molecule has 2 N–H and O–H groups in total. The van der Waals surface area contributed by atoms with Gasteiger partial charge in [0.1, 0.15) is 0 Å². The van der Waals surface area contributed by atoms with E-state index in [2.05, 4.69) is 17.6 Å². The lowest BCUT2D eigenvalue weighted by atomic mass is 10.1. The third kappa shape index (κ3) is 4.45. The molecule has 5 heteroatoms. The minimum absolute atomic E-state index is 0. The van der Waals surface area contributed by atoms with Crippen molar-refractivity contribution in [3.05, 3.63) is 0 Å². The molecule has 0 aromatic carbocycles. The smallest absolute Gasteiger partial charge is 0.221 e. The lowest BCUT2D eigenvalue weighted by Gasteiger charge is -2.24. The summed E-state index contributed by atoms with van der Waals surface area (Å²) in [6, 6.07) is 0.600. The number of amides is 1. The molecule has 1 amide bonds. The summed E-state index contributed by atoms with van der Waals surface area (Å²) >= 11 is 0. The van der Waals surface area contributed by atoms with Crippen LogP contribution in [0.1, 0.15) is 32.6 Å². The lowest BCUT2D eigenvalue weighted by molar-refractivity contribution is -0.123. The zero-order valence-corrected chi connectivity index (χ0v) is 11.2. The predicted molar refractivity (Wildman–Crippen MR) is 69.4 cm³/mol. The number of nitrogens with one attached hydrogen (secondary N) is 2. The highest BCUT2D eigenvalue weighted by Gasteiger charge is 2.25. The van der Waals surface area contributed by atoms with Crippen LogP contribution in [0.15, 0.2) is 0 Å². The van der Waals surface area contributed by atoms with Crippen LogP contribution in [0, 0.1) is 5.92 Å². The zero-order valence-electron chi connectivity index (χ0n) is 10.4. The molecule has 1 saturated heterocycles. The Hall–Kier alpha value is -0.320. The van der Waals surface area contributed by atoms with Gasteiger partial charge in [-0.1, -0.05) is 13.3 Å². The highest BCUT2D eigenvalue weighted by Crippen LogP contribution is 2.24. The Morgan fingerprint density at radius 1 is 1.47 bits per heavy atom. The van der Waals surface area contributed by atoms with Gasteiger partial charge in [-0.25, -0.2) is 0 Å². The fraction of sp³-hybridized carbons (Fsp3) is 0.917. The third-order valence-electron chi connectivity index (χ3n) is 3.64. The van der Waals surface area contributed by atoms with Crippen molar-refractivity contribution in [1.82, 2.24) is 10.6 Å². The first-order valence-electron chi connectivity index (χ1n) is 6.36. The summed E-state index contributed by atoms with van der Waals surface area (Å²) in [5.74, 6) is 0.807. The Balaban J connectivity index is 0.00000144. The van der Waals surface area contributed by atoms with Crippen molar-refractivity contribution in [3.8, 4) is 0 Å². The monoisotopic (exact) mass is 262 g/mol. The average molecular weight is 263 g/mol. The van der Waals surface area contributed by atoms with Crippen LogP contribution in [0.4, 0.5) is 0 Å². The van der Waals surface area contributed by atoms with E-state index in [1.807, 2.05) is 0 Å². The average Bonchev–Trinajstić information content (AvgIpc) is 2.66. The molecular formula is C12H23ClN2O2. The molecule has 1 saturated carbocycles. The van der Waals surface area contributed by atoms with E-state index < -0.39 is 0 Å². The van der Waals surface area contributed by atoms with E-state index in [4.69, 9.17) is 4.74 Å². The molecule has 100 valence electrons.